The van der Waals surface area contributed by atoms with E-state index in [2.05, 4.69) is 61.9 Å². The van der Waals surface area contributed by atoms with Crippen molar-refractivity contribution >= 4 is 38.0 Å². The Morgan fingerprint density at radius 3 is 2.67 bits per heavy atom. The molecule has 0 spiro atoms. The Bertz CT molecular complexity index is 981. The summed E-state index contributed by atoms with van der Waals surface area (Å²) in [5.74, 6) is 0. The highest BCUT2D eigenvalue weighted by Gasteiger charge is 2.21. The quantitative estimate of drug-likeness (QED) is 0.518. The molecule has 0 N–H and O–H groups in total. The van der Waals surface area contributed by atoms with Gasteiger partial charge >= 0.3 is 0 Å². The number of hydrogen-bond donors (Lipinski definition) is 0. The Balaban J connectivity index is 1.22. The first-order chi connectivity index (χ1) is 13.3. The monoisotopic (exact) mass is 396 g/mol. The molecule has 138 valence electrons. The topological polar surface area (TPSA) is 50.1 Å². The summed E-state index contributed by atoms with van der Waals surface area (Å²) < 4.78 is 3.28. The minimum atomic E-state index is 0.804. The Hall–Kier alpha value is -2.29. The van der Waals surface area contributed by atoms with Gasteiger partial charge in [0.15, 0.2) is 5.13 Å². The lowest BCUT2D eigenvalue weighted by Gasteiger charge is -2.34. The standard InChI is InChI=1S/C19H20N6S2/c1-2-6-18-17(5-1)21-19(27-18)24-9-7-23(8-10-24)13-15-12-20-22-25(15)14-16-4-3-11-26-16/h1-6,11-12H,7-10,13-14H2. The highest BCUT2D eigenvalue weighted by atomic mass is 32.1. The van der Waals surface area contributed by atoms with E-state index < -0.39 is 0 Å². The molecule has 1 saturated heterocycles. The molecular weight excluding hydrogens is 376 g/mol. The summed E-state index contributed by atoms with van der Waals surface area (Å²) in [6, 6.07) is 12.6. The molecule has 0 saturated carbocycles. The van der Waals surface area contributed by atoms with Crippen molar-refractivity contribution in [3.63, 3.8) is 0 Å². The zero-order chi connectivity index (χ0) is 18.1. The number of thiophene rings is 1. The van der Waals surface area contributed by atoms with E-state index in [1.54, 1.807) is 22.7 Å². The zero-order valence-electron chi connectivity index (χ0n) is 14.9. The molecule has 4 aromatic rings. The van der Waals surface area contributed by atoms with Gasteiger partial charge in [0, 0.05) is 37.6 Å². The predicted octanol–water partition coefficient (Wildman–Crippen LogP) is 3.32. The van der Waals surface area contributed by atoms with E-state index in [4.69, 9.17) is 4.98 Å². The van der Waals surface area contributed by atoms with Gasteiger partial charge in [0.2, 0.25) is 0 Å². The average Bonchev–Trinajstić information content (AvgIpc) is 3.44. The maximum atomic E-state index is 4.80. The molecule has 0 radical (unpaired) electrons. The van der Waals surface area contributed by atoms with Gasteiger partial charge in [-0.2, -0.15) is 0 Å². The summed E-state index contributed by atoms with van der Waals surface area (Å²) in [4.78, 5) is 11.0. The van der Waals surface area contributed by atoms with Crippen LogP contribution in [0.2, 0.25) is 0 Å². The third-order valence-electron chi connectivity index (χ3n) is 4.89. The molecule has 6 nitrogen and oxygen atoms in total. The molecule has 0 unspecified atom stereocenters. The number of thiazole rings is 1. The first kappa shape index (κ1) is 16.9. The SMILES string of the molecule is c1csc(Cn2nncc2CN2CCN(c3nc4ccccc4s3)CC2)c1. The van der Waals surface area contributed by atoms with Crippen molar-refractivity contribution in [1.82, 2.24) is 24.9 Å². The lowest BCUT2D eigenvalue weighted by molar-refractivity contribution is 0.243. The fourth-order valence-corrected chi connectivity index (χ4v) is 5.11. The molecule has 0 aliphatic carbocycles. The molecule has 3 aromatic heterocycles. The van der Waals surface area contributed by atoms with Crippen molar-refractivity contribution in [2.24, 2.45) is 0 Å². The van der Waals surface area contributed by atoms with Crippen LogP contribution in [-0.2, 0) is 13.1 Å². The van der Waals surface area contributed by atoms with Crippen molar-refractivity contribution in [1.29, 1.82) is 0 Å². The number of para-hydroxylation sites is 1. The van der Waals surface area contributed by atoms with E-state index in [-0.39, 0.29) is 0 Å². The van der Waals surface area contributed by atoms with Crippen molar-refractivity contribution in [3.05, 3.63) is 58.5 Å². The Labute approximate surface area is 165 Å². The molecule has 27 heavy (non-hydrogen) atoms. The van der Waals surface area contributed by atoms with Crippen molar-refractivity contribution < 1.29 is 0 Å². The molecule has 8 heteroatoms. The van der Waals surface area contributed by atoms with Gasteiger partial charge in [0.25, 0.3) is 0 Å². The lowest BCUT2D eigenvalue weighted by atomic mass is 10.3. The van der Waals surface area contributed by atoms with E-state index in [9.17, 15) is 0 Å². The summed E-state index contributed by atoms with van der Waals surface area (Å²) in [6.07, 6.45) is 1.90. The van der Waals surface area contributed by atoms with E-state index in [0.29, 0.717) is 0 Å². The highest BCUT2D eigenvalue weighted by molar-refractivity contribution is 7.22. The minimum Gasteiger partial charge on any atom is -0.345 e. The van der Waals surface area contributed by atoms with E-state index >= 15 is 0 Å². The summed E-state index contributed by atoms with van der Waals surface area (Å²) in [5.41, 5.74) is 2.28. The van der Waals surface area contributed by atoms with Crippen LogP contribution < -0.4 is 4.90 Å². The second kappa shape index (κ2) is 7.38. The smallest absolute Gasteiger partial charge is 0.186 e. The van der Waals surface area contributed by atoms with Crippen LogP contribution in [0.5, 0.6) is 0 Å². The normalized spacial score (nSPS) is 15.6. The second-order valence-corrected chi connectivity index (χ2v) is 8.73. The third kappa shape index (κ3) is 3.60. The largest absolute Gasteiger partial charge is 0.345 e. The zero-order valence-corrected chi connectivity index (χ0v) is 16.5. The number of rotatable bonds is 5. The fraction of sp³-hybridized carbons (Fsp3) is 0.316. The molecule has 0 amide bonds. The molecular formula is C19H20N6S2. The molecule has 1 aromatic carbocycles. The highest BCUT2D eigenvalue weighted by Crippen LogP contribution is 2.29. The lowest BCUT2D eigenvalue weighted by Crippen LogP contribution is -2.46. The number of anilines is 1. The van der Waals surface area contributed by atoms with Gasteiger partial charge in [0.05, 0.1) is 28.7 Å². The van der Waals surface area contributed by atoms with Crippen molar-refractivity contribution in [3.8, 4) is 0 Å². The van der Waals surface area contributed by atoms with Gasteiger partial charge in [0.1, 0.15) is 0 Å². The molecule has 1 aliphatic rings. The van der Waals surface area contributed by atoms with Gasteiger partial charge in [-0.05, 0) is 23.6 Å². The average molecular weight is 397 g/mol. The first-order valence-corrected chi connectivity index (χ1v) is 10.8. The molecule has 4 heterocycles. The molecule has 1 fully saturated rings. The van der Waals surface area contributed by atoms with Gasteiger partial charge in [-0.25, -0.2) is 9.67 Å². The molecule has 0 bridgehead atoms. The maximum absolute atomic E-state index is 4.80. The van der Waals surface area contributed by atoms with Crippen LogP contribution in [0.25, 0.3) is 10.2 Å². The summed E-state index contributed by atoms with van der Waals surface area (Å²) in [6.45, 7) is 5.77. The number of nitrogens with zero attached hydrogens (tertiary/aromatic N) is 6. The van der Waals surface area contributed by atoms with Crippen LogP contribution in [0.3, 0.4) is 0 Å². The summed E-state index contributed by atoms with van der Waals surface area (Å²) in [7, 11) is 0. The second-order valence-electron chi connectivity index (χ2n) is 6.69. The van der Waals surface area contributed by atoms with Gasteiger partial charge < -0.3 is 4.90 Å². The predicted molar refractivity (Wildman–Crippen MR) is 111 cm³/mol. The van der Waals surface area contributed by atoms with Crippen LogP contribution in [-0.4, -0.2) is 51.1 Å². The van der Waals surface area contributed by atoms with Crippen LogP contribution >= 0.6 is 22.7 Å². The van der Waals surface area contributed by atoms with Gasteiger partial charge in [-0.3, -0.25) is 4.90 Å². The number of hydrogen-bond acceptors (Lipinski definition) is 7. The summed E-state index contributed by atoms with van der Waals surface area (Å²) >= 11 is 3.55. The number of piperazine rings is 1. The number of aromatic nitrogens is 4. The third-order valence-corrected chi connectivity index (χ3v) is 6.85. The van der Waals surface area contributed by atoms with E-state index in [1.807, 2.05) is 10.9 Å². The molecule has 5 rings (SSSR count). The number of fused-ring (bicyclic) bond motifs is 1. The fourth-order valence-electron chi connectivity index (χ4n) is 3.41. The van der Waals surface area contributed by atoms with Crippen LogP contribution in [0.4, 0.5) is 5.13 Å². The molecule has 1 aliphatic heterocycles. The van der Waals surface area contributed by atoms with E-state index in [1.165, 1.54) is 15.3 Å². The van der Waals surface area contributed by atoms with Crippen molar-refractivity contribution in [2.45, 2.75) is 13.1 Å². The van der Waals surface area contributed by atoms with Crippen LogP contribution in [0.15, 0.2) is 48.0 Å². The Morgan fingerprint density at radius 2 is 1.85 bits per heavy atom. The minimum absolute atomic E-state index is 0.804. The Kier molecular flexibility index (Phi) is 4.61. The van der Waals surface area contributed by atoms with Gasteiger partial charge in [-0.1, -0.05) is 34.7 Å². The first-order valence-electron chi connectivity index (χ1n) is 9.08. The summed E-state index contributed by atoms with van der Waals surface area (Å²) in [5, 5.41) is 11.6. The van der Waals surface area contributed by atoms with Gasteiger partial charge in [-0.15, -0.1) is 16.4 Å². The van der Waals surface area contributed by atoms with Crippen LogP contribution in [0, 0.1) is 0 Å². The van der Waals surface area contributed by atoms with E-state index in [0.717, 1.165) is 49.9 Å². The van der Waals surface area contributed by atoms with Crippen LogP contribution in [0.1, 0.15) is 10.6 Å². The van der Waals surface area contributed by atoms with Crippen molar-refractivity contribution in [2.75, 3.05) is 31.1 Å². The number of benzene rings is 1. The maximum Gasteiger partial charge on any atom is 0.186 e. The molecule has 0 atom stereocenters. The Morgan fingerprint density at radius 1 is 0.963 bits per heavy atom.